The van der Waals surface area contributed by atoms with Crippen molar-refractivity contribution in [2.75, 3.05) is 0 Å². The van der Waals surface area contributed by atoms with E-state index in [2.05, 4.69) is 22.6 Å². The van der Waals surface area contributed by atoms with Crippen molar-refractivity contribution < 1.29 is 4.79 Å². The highest BCUT2D eigenvalue weighted by atomic mass is 127. The first-order chi connectivity index (χ1) is 4.33. The summed E-state index contributed by atoms with van der Waals surface area (Å²) in [5.74, 6) is 0. The zero-order valence-corrected chi connectivity index (χ0v) is 7.04. The first kappa shape index (κ1) is 6.99. The molecule has 1 rings (SSSR count). The van der Waals surface area contributed by atoms with Gasteiger partial charge in [-0.25, -0.2) is 0 Å². The zero-order valence-electron chi connectivity index (χ0n) is 4.88. The summed E-state index contributed by atoms with van der Waals surface area (Å²) in [5.41, 5.74) is 0.808. The van der Waals surface area contributed by atoms with Crippen molar-refractivity contribution >= 4 is 28.9 Å². The van der Waals surface area contributed by atoms with Crippen LogP contribution >= 0.6 is 22.6 Å². The standard InChI is InChI=1S/C7H7IO/c8-7-3-1-6(5-9)2-4-7/h1-3,5,7H,4H2. The predicted octanol–water partition coefficient (Wildman–Crippen LogP) is 1.88. The Hall–Kier alpha value is -0.120. The van der Waals surface area contributed by atoms with Gasteiger partial charge in [0.1, 0.15) is 6.29 Å². The third-order valence-electron chi connectivity index (χ3n) is 1.21. The molecule has 0 fully saturated rings. The van der Waals surface area contributed by atoms with Crippen LogP contribution in [0.2, 0.25) is 0 Å². The van der Waals surface area contributed by atoms with Gasteiger partial charge in [-0.2, -0.15) is 0 Å². The fraction of sp³-hybridized carbons (Fsp3) is 0.286. The smallest absolute Gasteiger partial charge is 0.149 e. The van der Waals surface area contributed by atoms with E-state index in [1.807, 2.05) is 18.2 Å². The van der Waals surface area contributed by atoms with Gasteiger partial charge in [0, 0.05) is 9.50 Å². The molecule has 1 atom stereocenters. The van der Waals surface area contributed by atoms with E-state index in [9.17, 15) is 4.79 Å². The Balaban J connectivity index is 2.62. The fourth-order valence-corrected chi connectivity index (χ4v) is 1.16. The van der Waals surface area contributed by atoms with Gasteiger partial charge in [-0.15, -0.1) is 0 Å². The van der Waals surface area contributed by atoms with Crippen LogP contribution in [0.5, 0.6) is 0 Å². The number of hydrogen-bond acceptors (Lipinski definition) is 1. The van der Waals surface area contributed by atoms with Crippen LogP contribution in [0.15, 0.2) is 23.8 Å². The summed E-state index contributed by atoms with van der Waals surface area (Å²) in [6.07, 6.45) is 7.76. The molecule has 0 aliphatic heterocycles. The lowest BCUT2D eigenvalue weighted by Crippen LogP contribution is -1.96. The highest BCUT2D eigenvalue weighted by molar-refractivity contribution is 14.1. The third-order valence-corrected chi connectivity index (χ3v) is 2.14. The van der Waals surface area contributed by atoms with Crippen molar-refractivity contribution in [3.05, 3.63) is 23.8 Å². The topological polar surface area (TPSA) is 17.1 Å². The summed E-state index contributed by atoms with van der Waals surface area (Å²) in [6.45, 7) is 0. The minimum atomic E-state index is 0.575. The first-order valence-electron chi connectivity index (χ1n) is 2.80. The Bertz CT molecular complexity index is 170. The minimum absolute atomic E-state index is 0.575. The van der Waals surface area contributed by atoms with Crippen LogP contribution in [0.3, 0.4) is 0 Å². The second kappa shape index (κ2) is 3.15. The van der Waals surface area contributed by atoms with Crippen LogP contribution < -0.4 is 0 Å². The van der Waals surface area contributed by atoms with Crippen LogP contribution in [0.1, 0.15) is 6.42 Å². The fourth-order valence-electron chi connectivity index (χ4n) is 0.698. The lowest BCUT2D eigenvalue weighted by molar-refractivity contribution is -0.104. The van der Waals surface area contributed by atoms with Crippen molar-refractivity contribution in [1.29, 1.82) is 0 Å². The third kappa shape index (κ3) is 1.93. The summed E-state index contributed by atoms with van der Waals surface area (Å²) in [4.78, 5) is 10.1. The van der Waals surface area contributed by atoms with Crippen LogP contribution in [0.25, 0.3) is 0 Å². The second-order valence-electron chi connectivity index (χ2n) is 1.93. The van der Waals surface area contributed by atoms with E-state index in [4.69, 9.17) is 0 Å². The Morgan fingerprint density at radius 3 is 3.00 bits per heavy atom. The van der Waals surface area contributed by atoms with E-state index in [1.54, 1.807) is 0 Å². The van der Waals surface area contributed by atoms with E-state index in [1.165, 1.54) is 0 Å². The maximum atomic E-state index is 10.1. The highest BCUT2D eigenvalue weighted by Gasteiger charge is 2.02. The van der Waals surface area contributed by atoms with Gasteiger partial charge in [-0.05, 0) is 6.42 Å². The molecule has 1 unspecified atom stereocenters. The summed E-state index contributed by atoms with van der Waals surface area (Å²) >= 11 is 2.34. The number of allylic oxidation sites excluding steroid dienone is 4. The number of carbonyl (C=O) groups excluding carboxylic acids is 1. The van der Waals surface area contributed by atoms with E-state index < -0.39 is 0 Å². The molecule has 0 saturated carbocycles. The van der Waals surface area contributed by atoms with Crippen molar-refractivity contribution in [3.8, 4) is 0 Å². The molecule has 1 aliphatic rings. The molecular formula is C7H7IO. The van der Waals surface area contributed by atoms with Gasteiger partial charge in [0.25, 0.3) is 0 Å². The highest BCUT2D eigenvalue weighted by Crippen LogP contribution is 2.15. The molecular weight excluding hydrogens is 227 g/mol. The average Bonchev–Trinajstić information content (AvgIpc) is 1.90. The summed E-state index contributed by atoms with van der Waals surface area (Å²) in [5, 5.41) is 0. The molecule has 0 heterocycles. The van der Waals surface area contributed by atoms with Gasteiger partial charge in [0.2, 0.25) is 0 Å². The lowest BCUT2D eigenvalue weighted by Gasteiger charge is -2.04. The Morgan fingerprint density at radius 2 is 2.56 bits per heavy atom. The quantitative estimate of drug-likeness (QED) is 0.384. The molecule has 0 saturated heterocycles. The first-order valence-corrected chi connectivity index (χ1v) is 4.05. The number of carbonyl (C=O) groups is 1. The Kier molecular flexibility index (Phi) is 2.45. The molecule has 0 N–H and O–H groups in total. The molecule has 0 spiro atoms. The summed E-state index contributed by atoms with van der Waals surface area (Å²) < 4.78 is 0.575. The molecule has 0 aromatic rings. The van der Waals surface area contributed by atoms with Crippen LogP contribution in [0.4, 0.5) is 0 Å². The van der Waals surface area contributed by atoms with Gasteiger partial charge in [0.05, 0.1) is 0 Å². The molecule has 48 valence electrons. The SMILES string of the molecule is O=CC1=CCC(I)C=C1. The Morgan fingerprint density at radius 1 is 1.78 bits per heavy atom. The molecule has 1 nitrogen and oxygen atoms in total. The largest absolute Gasteiger partial charge is 0.298 e. The van der Waals surface area contributed by atoms with Gasteiger partial charge >= 0.3 is 0 Å². The Labute approximate surface area is 68.0 Å². The number of aldehydes is 1. The molecule has 0 aromatic carbocycles. The maximum Gasteiger partial charge on any atom is 0.149 e. The zero-order chi connectivity index (χ0) is 6.69. The molecule has 0 aromatic heterocycles. The molecule has 9 heavy (non-hydrogen) atoms. The molecule has 0 bridgehead atoms. The summed E-state index contributed by atoms with van der Waals surface area (Å²) in [6, 6.07) is 0. The molecule has 2 heteroatoms. The van der Waals surface area contributed by atoms with Gasteiger partial charge in [-0.1, -0.05) is 40.8 Å². The minimum Gasteiger partial charge on any atom is -0.298 e. The van der Waals surface area contributed by atoms with Gasteiger partial charge in [0.15, 0.2) is 0 Å². The molecule has 0 amide bonds. The lowest BCUT2D eigenvalue weighted by atomic mass is 10.1. The van der Waals surface area contributed by atoms with Crippen molar-refractivity contribution in [2.45, 2.75) is 10.3 Å². The number of halogens is 1. The summed E-state index contributed by atoms with van der Waals surface area (Å²) in [7, 11) is 0. The van der Waals surface area contributed by atoms with E-state index in [-0.39, 0.29) is 0 Å². The van der Waals surface area contributed by atoms with Crippen LogP contribution in [-0.2, 0) is 4.79 Å². The van der Waals surface area contributed by atoms with Crippen molar-refractivity contribution in [2.24, 2.45) is 0 Å². The van der Waals surface area contributed by atoms with Crippen molar-refractivity contribution in [3.63, 3.8) is 0 Å². The van der Waals surface area contributed by atoms with E-state index in [0.717, 1.165) is 18.3 Å². The van der Waals surface area contributed by atoms with Gasteiger partial charge < -0.3 is 0 Å². The number of alkyl halides is 1. The van der Waals surface area contributed by atoms with Crippen molar-refractivity contribution in [1.82, 2.24) is 0 Å². The van der Waals surface area contributed by atoms with E-state index >= 15 is 0 Å². The monoisotopic (exact) mass is 234 g/mol. The molecule has 0 radical (unpaired) electrons. The number of hydrogen-bond donors (Lipinski definition) is 0. The van der Waals surface area contributed by atoms with E-state index in [0.29, 0.717) is 3.92 Å². The predicted molar refractivity (Wildman–Crippen MR) is 45.7 cm³/mol. The maximum absolute atomic E-state index is 10.1. The second-order valence-corrected chi connectivity index (χ2v) is 3.53. The number of rotatable bonds is 1. The molecule has 1 aliphatic carbocycles. The van der Waals surface area contributed by atoms with Crippen LogP contribution in [-0.4, -0.2) is 10.2 Å². The van der Waals surface area contributed by atoms with Crippen LogP contribution in [0, 0.1) is 0 Å². The van der Waals surface area contributed by atoms with Gasteiger partial charge in [-0.3, -0.25) is 4.79 Å². The normalized spacial score (nSPS) is 25.4. The average molecular weight is 234 g/mol.